The maximum Gasteiger partial charge on any atom is 0.262 e. The average molecular weight is 437 g/mol. The molecule has 2 aliphatic heterocycles. The van der Waals surface area contributed by atoms with Crippen LogP contribution in [0.1, 0.15) is 31.1 Å². The quantitative estimate of drug-likeness (QED) is 0.529. The zero-order valence-electron chi connectivity index (χ0n) is 18.3. The lowest BCUT2D eigenvalue weighted by molar-refractivity contribution is -0.118. The standard InChI is InChI=1S/C25H28N2O5/c1-2-29-22-7-5-6-19-18-10-12-27(15-23(18)32-25(19)22)11-3-4-13-30-17-8-9-21-20(14-17)26-24(28)16-31-21/h5-9,14H,2-4,10-13,15-16H2,1H3,(H,26,28). The van der Waals surface area contributed by atoms with Gasteiger partial charge < -0.3 is 23.9 Å². The topological polar surface area (TPSA) is 73.2 Å². The van der Waals surface area contributed by atoms with Crippen LogP contribution in [-0.2, 0) is 17.8 Å². The number of furan rings is 1. The minimum absolute atomic E-state index is 0.0624. The number of benzene rings is 2. The van der Waals surface area contributed by atoms with E-state index >= 15 is 0 Å². The SMILES string of the molecule is CCOc1cccc2c3c(oc12)CN(CCCCOc1ccc2c(c1)NC(=O)CO2)CC3. The van der Waals surface area contributed by atoms with Gasteiger partial charge in [-0.3, -0.25) is 9.69 Å². The summed E-state index contributed by atoms with van der Waals surface area (Å²) in [4.78, 5) is 13.9. The molecule has 0 bridgehead atoms. The van der Waals surface area contributed by atoms with Gasteiger partial charge >= 0.3 is 0 Å². The van der Waals surface area contributed by atoms with E-state index in [0.29, 0.717) is 24.7 Å². The molecule has 168 valence electrons. The fraction of sp³-hybridized carbons (Fsp3) is 0.400. The second kappa shape index (κ2) is 9.12. The van der Waals surface area contributed by atoms with Crippen LogP contribution < -0.4 is 19.5 Å². The van der Waals surface area contributed by atoms with Crippen LogP contribution in [0.2, 0.25) is 0 Å². The molecule has 1 aromatic heterocycles. The lowest BCUT2D eigenvalue weighted by atomic mass is 10.0. The predicted molar refractivity (Wildman–Crippen MR) is 122 cm³/mol. The molecule has 0 saturated carbocycles. The van der Waals surface area contributed by atoms with Crippen LogP contribution in [0.15, 0.2) is 40.8 Å². The third kappa shape index (κ3) is 4.25. The Labute approximate surface area is 187 Å². The first-order valence-electron chi connectivity index (χ1n) is 11.3. The first kappa shape index (κ1) is 20.7. The Hall–Kier alpha value is -3.19. The first-order chi connectivity index (χ1) is 15.7. The molecule has 0 fully saturated rings. The molecule has 0 radical (unpaired) electrons. The number of ether oxygens (including phenoxy) is 3. The number of carbonyl (C=O) groups is 1. The van der Waals surface area contributed by atoms with Crippen LogP contribution in [0, 0.1) is 0 Å². The zero-order valence-corrected chi connectivity index (χ0v) is 18.3. The van der Waals surface area contributed by atoms with Crippen molar-refractivity contribution < 1.29 is 23.4 Å². The lowest BCUT2D eigenvalue weighted by Gasteiger charge is -2.25. The van der Waals surface area contributed by atoms with Crippen molar-refractivity contribution in [3.8, 4) is 17.2 Å². The Morgan fingerprint density at radius 2 is 2.09 bits per heavy atom. The van der Waals surface area contributed by atoms with Gasteiger partial charge in [0, 0.05) is 23.6 Å². The van der Waals surface area contributed by atoms with Crippen LogP contribution in [-0.4, -0.2) is 43.7 Å². The van der Waals surface area contributed by atoms with E-state index in [2.05, 4.69) is 16.3 Å². The molecule has 2 aromatic carbocycles. The molecule has 0 unspecified atom stereocenters. The summed E-state index contributed by atoms with van der Waals surface area (Å²) in [5, 5.41) is 3.99. The summed E-state index contributed by atoms with van der Waals surface area (Å²) in [6.07, 6.45) is 3.00. The van der Waals surface area contributed by atoms with Gasteiger partial charge in [-0.05, 0) is 50.9 Å². The normalized spacial score (nSPS) is 15.6. The summed E-state index contributed by atoms with van der Waals surface area (Å²) in [7, 11) is 0. The molecular weight excluding hydrogens is 408 g/mol. The first-order valence-corrected chi connectivity index (χ1v) is 11.3. The number of anilines is 1. The fourth-order valence-electron chi connectivity index (χ4n) is 4.39. The Balaban J connectivity index is 1.11. The molecule has 0 saturated heterocycles. The molecule has 7 nitrogen and oxygen atoms in total. The Kier molecular flexibility index (Phi) is 5.90. The molecule has 3 aromatic rings. The highest BCUT2D eigenvalue weighted by Gasteiger charge is 2.23. The van der Waals surface area contributed by atoms with Crippen LogP contribution in [0.5, 0.6) is 17.2 Å². The maximum atomic E-state index is 11.5. The number of nitrogens with one attached hydrogen (secondary N) is 1. The van der Waals surface area contributed by atoms with E-state index in [4.69, 9.17) is 18.6 Å². The molecule has 7 heteroatoms. The highest BCUT2D eigenvalue weighted by molar-refractivity contribution is 5.95. The second-order valence-electron chi connectivity index (χ2n) is 8.15. The van der Waals surface area contributed by atoms with Crippen molar-refractivity contribution in [3.05, 3.63) is 47.7 Å². The van der Waals surface area contributed by atoms with Crippen molar-refractivity contribution in [1.82, 2.24) is 4.90 Å². The molecule has 0 spiro atoms. The van der Waals surface area contributed by atoms with Gasteiger partial charge in [-0.1, -0.05) is 12.1 Å². The van der Waals surface area contributed by atoms with Crippen LogP contribution in [0.3, 0.4) is 0 Å². The van der Waals surface area contributed by atoms with Gasteiger partial charge in [0.15, 0.2) is 17.9 Å². The smallest absolute Gasteiger partial charge is 0.262 e. The van der Waals surface area contributed by atoms with Crippen molar-refractivity contribution >= 4 is 22.6 Å². The summed E-state index contributed by atoms with van der Waals surface area (Å²) in [5.41, 5.74) is 2.87. The van der Waals surface area contributed by atoms with Gasteiger partial charge in [-0.2, -0.15) is 0 Å². The molecular formula is C25H28N2O5. The Morgan fingerprint density at radius 3 is 3.00 bits per heavy atom. The molecule has 1 N–H and O–H groups in total. The third-order valence-electron chi connectivity index (χ3n) is 5.93. The molecule has 32 heavy (non-hydrogen) atoms. The van der Waals surface area contributed by atoms with Gasteiger partial charge in [0.05, 0.1) is 25.4 Å². The largest absolute Gasteiger partial charge is 0.494 e. The summed E-state index contributed by atoms with van der Waals surface area (Å²) >= 11 is 0. The minimum atomic E-state index is -0.141. The number of hydrogen-bond acceptors (Lipinski definition) is 6. The van der Waals surface area contributed by atoms with E-state index in [9.17, 15) is 4.79 Å². The van der Waals surface area contributed by atoms with Crippen molar-refractivity contribution in [1.29, 1.82) is 0 Å². The molecule has 0 aliphatic carbocycles. The van der Waals surface area contributed by atoms with Crippen molar-refractivity contribution in [2.24, 2.45) is 0 Å². The van der Waals surface area contributed by atoms with Crippen molar-refractivity contribution in [3.63, 3.8) is 0 Å². The predicted octanol–water partition coefficient (Wildman–Crippen LogP) is 4.38. The van der Waals surface area contributed by atoms with E-state index in [1.165, 1.54) is 10.9 Å². The van der Waals surface area contributed by atoms with E-state index in [-0.39, 0.29) is 12.5 Å². The van der Waals surface area contributed by atoms with E-state index in [1.807, 2.05) is 37.3 Å². The zero-order chi connectivity index (χ0) is 21.9. The molecule has 0 atom stereocenters. The maximum absolute atomic E-state index is 11.5. The highest BCUT2D eigenvalue weighted by atomic mass is 16.5. The number of para-hydroxylation sites is 1. The van der Waals surface area contributed by atoms with Gasteiger partial charge in [-0.15, -0.1) is 0 Å². The van der Waals surface area contributed by atoms with Gasteiger partial charge in [0.1, 0.15) is 17.3 Å². The molecule has 5 rings (SSSR count). The van der Waals surface area contributed by atoms with E-state index < -0.39 is 0 Å². The summed E-state index contributed by atoms with van der Waals surface area (Å²) < 4.78 is 23.2. The number of hydrogen-bond donors (Lipinski definition) is 1. The molecule has 1 amide bonds. The number of fused-ring (bicyclic) bond motifs is 4. The average Bonchev–Trinajstić information content (AvgIpc) is 3.17. The van der Waals surface area contributed by atoms with Gasteiger partial charge in [0.25, 0.3) is 5.91 Å². The Bertz CT molecular complexity index is 1120. The number of unbranched alkanes of at least 4 members (excludes halogenated alkanes) is 1. The monoisotopic (exact) mass is 436 g/mol. The fourth-order valence-corrected chi connectivity index (χ4v) is 4.39. The number of rotatable bonds is 8. The second-order valence-corrected chi connectivity index (χ2v) is 8.15. The summed E-state index contributed by atoms with van der Waals surface area (Å²) in [5.74, 6) is 3.17. The lowest BCUT2D eigenvalue weighted by Crippen LogP contribution is -2.30. The summed E-state index contributed by atoms with van der Waals surface area (Å²) in [6.45, 7) is 6.19. The third-order valence-corrected chi connectivity index (χ3v) is 5.93. The van der Waals surface area contributed by atoms with Crippen LogP contribution in [0.4, 0.5) is 5.69 Å². The minimum Gasteiger partial charge on any atom is -0.494 e. The van der Waals surface area contributed by atoms with Gasteiger partial charge in [0.2, 0.25) is 0 Å². The number of nitrogens with zero attached hydrogens (tertiary/aromatic N) is 1. The van der Waals surface area contributed by atoms with E-state index in [0.717, 1.165) is 61.7 Å². The number of amides is 1. The molecule has 3 heterocycles. The van der Waals surface area contributed by atoms with Crippen molar-refractivity contribution in [2.45, 2.75) is 32.7 Å². The molecule has 2 aliphatic rings. The number of carbonyl (C=O) groups excluding carboxylic acids is 1. The van der Waals surface area contributed by atoms with Gasteiger partial charge in [-0.25, -0.2) is 0 Å². The Morgan fingerprint density at radius 1 is 1.16 bits per heavy atom. The highest BCUT2D eigenvalue weighted by Crippen LogP contribution is 2.36. The van der Waals surface area contributed by atoms with Crippen LogP contribution >= 0.6 is 0 Å². The van der Waals surface area contributed by atoms with E-state index in [1.54, 1.807) is 0 Å². The van der Waals surface area contributed by atoms with Crippen LogP contribution in [0.25, 0.3) is 11.0 Å². The van der Waals surface area contributed by atoms with Crippen molar-refractivity contribution in [2.75, 3.05) is 38.2 Å². The summed E-state index contributed by atoms with van der Waals surface area (Å²) in [6, 6.07) is 11.7.